The molecule has 13 heavy (non-hydrogen) atoms. The van der Waals surface area contributed by atoms with Gasteiger partial charge in [-0.1, -0.05) is 0 Å². The number of hydrogen-bond acceptors (Lipinski definition) is 4. The highest BCUT2D eigenvalue weighted by Crippen LogP contribution is 2.24. The summed E-state index contributed by atoms with van der Waals surface area (Å²) in [7, 11) is 0. The quantitative estimate of drug-likeness (QED) is 0.541. The Bertz CT molecular complexity index is 573. The first-order chi connectivity index (χ1) is 6.45. The number of benzene rings is 1. The standard InChI is InChI=1S/C9H5N3S/c1-2-8-9(12-5-13-8)6-3-10-4-11-7(1)6/h1-5H. The molecule has 0 aliphatic heterocycles. The lowest BCUT2D eigenvalue weighted by atomic mass is 10.2. The van der Waals surface area contributed by atoms with Gasteiger partial charge in [-0.15, -0.1) is 11.3 Å². The monoisotopic (exact) mass is 187 g/mol. The Morgan fingerprint density at radius 1 is 1.15 bits per heavy atom. The molecule has 2 aromatic heterocycles. The third kappa shape index (κ3) is 0.922. The van der Waals surface area contributed by atoms with Gasteiger partial charge in [0.25, 0.3) is 0 Å². The van der Waals surface area contributed by atoms with E-state index in [0.717, 1.165) is 16.4 Å². The van der Waals surface area contributed by atoms with Crippen LogP contribution in [0.3, 0.4) is 0 Å². The molecule has 0 amide bonds. The normalized spacial score (nSPS) is 11.1. The zero-order valence-electron chi connectivity index (χ0n) is 6.64. The second kappa shape index (κ2) is 2.47. The van der Waals surface area contributed by atoms with Gasteiger partial charge in [-0.25, -0.2) is 15.0 Å². The van der Waals surface area contributed by atoms with Crippen molar-refractivity contribution in [3.8, 4) is 0 Å². The van der Waals surface area contributed by atoms with Crippen molar-refractivity contribution >= 4 is 32.5 Å². The highest BCUT2D eigenvalue weighted by molar-refractivity contribution is 7.16. The Kier molecular flexibility index (Phi) is 1.31. The first-order valence-corrected chi connectivity index (χ1v) is 4.75. The molecule has 3 nitrogen and oxygen atoms in total. The van der Waals surface area contributed by atoms with Crippen molar-refractivity contribution < 1.29 is 0 Å². The molecule has 0 saturated heterocycles. The minimum Gasteiger partial charge on any atom is -0.244 e. The van der Waals surface area contributed by atoms with Crippen LogP contribution < -0.4 is 0 Å². The zero-order chi connectivity index (χ0) is 8.67. The molecule has 0 fully saturated rings. The SMILES string of the molecule is c1ncc2c(ccc3scnc32)n1. The second-order valence-corrected chi connectivity index (χ2v) is 3.61. The molecule has 2 heterocycles. The molecule has 3 aromatic rings. The van der Waals surface area contributed by atoms with E-state index in [0.29, 0.717) is 0 Å². The highest BCUT2D eigenvalue weighted by Gasteiger charge is 2.02. The van der Waals surface area contributed by atoms with Gasteiger partial charge in [0, 0.05) is 11.6 Å². The van der Waals surface area contributed by atoms with Crippen LogP contribution >= 0.6 is 11.3 Å². The summed E-state index contributed by atoms with van der Waals surface area (Å²) < 4.78 is 1.18. The van der Waals surface area contributed by atoms with E-state index in [1.165, 1.54) is 4.70 Å². The van der Waals surface area contributed by atoms with E-state index in [9.17, 15) is 0 Å². The predicted octanol–water partition coefficient (Wildman–Crippen LogP) is 2.24. The topological polar surface area (TPSA) is 38.7 Å². The maximum Gasteiger partial charge on any atom is 0.116 e. The van der Waals surface area contributed by atoms with Gasteiger partial charge in [0.05, 0.1) is 21.2 Å². The smallest absolute Gasteiger partial charge is 0.116 e. The van der Waals surface area contributed by atoms with Crippen LogP contribution in [0, 0.1) is 0 Å². The second-order valence-electron chi connectivity index (χ2n) is 2.72. The molecule has 1 aromatic carbocycles. The van der Waals surface area contributed by atoms with Crippen LogP contribution in [0.15, 0.2) is 30.2 Å². The average molecular weight is 187 g/mol. The lowest BCUT2D eigenvalue weighted by Gasteiger charge is -1.94. The van der Waals surface area contributed by atoms with Crippen molar-refractivity contribution in [1.29, 1.82) is 0 Å². The van der Waals surface area contributed by atoms with Crippen molar-refractivity contribution in [2.24, 2.45) is 0 Å². The average Bonchev–Trinajstić information content (AvgIpc) is 2.65. The van der Waals surface area contributed by atoms with Crippen LogP contribution in [0.4, 0.5) is 0 Å². The molecular weight excluding hydrogens is 182 g/mol. The van der Waals surface area contributed by atoms with E-state index >= 15 is 0 Å². The van der Waals surface area contributed by atoms with Crippen molar-refractivity contribution in [3.63, 3.8) is 0 Å². The maximum atomic E-state index is 4.29. The van der Waals surface area contributed by atoms with Gasteiger partial charge in [0.15, 0.2) is 0 Å². The van der Waals surface area contributed by atoms with Crippen molar-refractivity contribution in [2.75, 3.05) is 0 Å². The van der Waals surface area contributed by atoms with Crippen molar-refractivity contribution in [3.05, 3.63) is 30.2 Å². The molecule has 62 valence electrons. The van der Waals surface area contributed by atoms with Crippen molar-refractivity contribution in [1.82, 2.24) is 15.0 Å². The number of fused-ring (bicyclic) bond motifs is 3. The van der Waals surface area contributed by atoms with Gasteiger partial charge in [-0.05, 0) is 12.1 Å². The number of nitrogens with zero attached hydrogens (tertiary/aromatic N) is 3. The Balaban J connectivity index is 2.65. The van der Waals surface area contributed by atoms with E-state index in [1.54, 1.807) is 17.7 Å². The summed E-state index contributed by atoms with van der Waals surface area (Å²) in [5.41, 5.74) is 3.80. The van der Waals surface area contributed by atoms with E-state index in [1.807, 2.05) is 23.8 Å². The number of hydrogen-bond donors (Lipinski definition) is 0. The number of thiazole rings is 1. The fourth-order valence-electron chi connectivity index (χ4n) is 1.38. The Hall–Kier alpha value is -1.55. The van der Waals surface area contributed by atoms with Crippen LogP contribution in [0.5, 0.6) is 0 Å². The summed E-state index contributed by atoms with van der Waals surface area (Å²) in [5.74, 6) is 0. The molecule has 0 unspecified atom stereocenters. The first kappa shape index (κ1) is 6.91. The summed E-state index contributed by atoms with van der Waals surface area (Å²) >= 11 is 1.64. The molecular formula is C9H5N3S. The lowest BCUT2D eigenvalue weighted by Crippen LogP contribution is -1.81. The Morgan fingerprint density at radius 3 is 3.15 bits per heavy atom. The summed E-state index contributed by atoms with van der Waals surface area (Å²) in [6.45, 7) is 0. The Morgan fingerprint density at radius 2 is 2.15 bits per heavy atom. The maximum absolute atomic E-state index is 4.29. The third-order valence-electron chi connectivity index (χ3n) is 1.99. The van der Waals surface area contributed by atoms with Gasteiger partial charge in [0.1, 0.15) is 6.33 Å². The molecule has 0 aliphatic rings. The highest BCUT2D eigenvalue weighted by atomic mass is 32.1. The molecule has 0 saturated carbocycles. The summed E-state index contributed by atoms with van der Waals surface area (Å²) in [5, 5.41) is 1.03. The molecule has 0 N–H and O–H groups in total. The van der Waals surface area contributed by atoms with Crippen LogP contribution in [0.25, 0.3) is 21.1 Å². The molecule has 3 rings (SSSR count). The molecule has 0 spiro atoms. The van der Waals surface area contributed by atoms with E-state index in [-0.39, 0.29) is 0 Å². The fraction of sp³-hybridized carbons (Fsp3) is 0. The fourth-order valence-corrected chi connectivity index (χ4v) is 2.08. The van der Waals surface area contributed by atoms with Crippen LogP contribution in [-0.4, -0.2) is 15.0 Å². The van der Waals surface area contributed by atoms with E-state index in [2.05, 4.69) is 15.0 Å². The van der Waals surface area contributed by atoms with Crippen LogP contribution in [-0.2, 0) is 0 Å². The van der Waals surface area contributed by atoms with Gasteiger partial charge < -0.3 is 0 Å². The van der Waals surface area contributed by atoms with Crippen LogP contribution in [0.2, 0.25) is 0 Å². The summed E-state index contributed by atoms with van der Waals surface area (Å²) in [6, 6.07) is 4.04. The molecule has 0 aliphatic carbocycles. The molecule has 0 bridgehead atoms. The van der Waals surface area contributed by atoms with E-state index < -0.39 is 0 Å². The largest absolute Gasteiger partial charge is 0.244 e. The Labute approximate surface area is 78.1 Å². The minimum atomic E-state index is 0.952. The zero-order valence-corrected chi connectivity index (χ0v) is 7.45. The molecule has 0 radical (unpaired) electrons. The van der Waals surface area contributed by atoms with Gasteiger partial charge >= 0.3 is 0 Å². The van der Waals surface area contributed by atoms with E-state index in [4.69, 9.17) is 0 Å². The third-order valence-corrected chi connectivity index (χ3v) is 2.78. The number of aromatic nitrogens is 3. The number of rotatable bonds is 0. The van der Waals surface area contributed by atoms with Crippen molar-refractivity contribution in [2.45, 2.75) is 0 Å². The van der Waals surface area contributed by atoms with Crippen LogP contribution in [0.1, 0.15) is 0 Å². The summed E-state index contributed by atoms with van der Waals surface area (Å²) in [4.78, 5) is 12.4. The van der Waals surface area contributed by atoms with Gasteiger partial charge in [-0.3, -0.25) is 0 Å². The molecule has 4 heteroatoms. The minimum absolute atomic E-state index is 0.952. The first-order valence-electron chi connectivity index (χ1n) is 3.87. The predicted molar refractivity (Wildman–Crippen MR) is 52.7 cm³/mol. The summed E-state index contributed by atoms with van der Waals surface area (Å²) in [6.07, 6.45) is 3.37. The van der Waals surface area contributed by atoms with Gasteiger partial charge in [0.2, 0.25) is 0 Å². The van der Waals surface area contributed by atoms with Gasteiger partial charge in [-0.2, -0.15) is 0 Å². The lowest BCUT2D eigenvalue weighted by molar-refractivity contribution is 1.22. The molecule has 0 atom stereocenters.